The van der Waals surface area contributed by atoms with Crippen LogP contribution in [0.15, 0.2) is 24.3 Å². The number of nitrogens with one attached hydrogen (secondary N) is 1. The van der Waals surface area contributed by atoms with Crippen LogP contribution in [0.3, 0.4) is 0 Å². The number of amides is 1. The zero-order chi connectivity index (χ0) is 15.5. The Morgan fingerprint density at radius 1 is 1.52 bits per heavy atom. The Morgan fingerprint density at radius 2 is 2.29 bits per heavy atom. The van der Waals surface area contributed by atoms with E-state index < -0.39 is 16.1 Å². The fourth-order valence-corrected chi connectivity index (χ4v) is 3.76. The van der Waals surface area contributed by atoms with Gasteiger partial charge in [-0.3, -0.25) is 9.10 Å². The molecule has 1 aliphatic rings. The summed E-state index contributed by atoms with van der Waals surface area (Å²) in [6, 6.07) is 7.91. The Labute approximate surface area is 124 Å². The number of rotatable bonds is 4. The van der Waals surface area contributed by atoms with Crippen LogP contribution in [0.25, 0.3) is 0 Å². The van der Waals surface area contributed by atoms with Crippen LogP contribution < -0.4 is 9.62 Å². The van der Waals surface area contributed by atoms with Crippen LogP contribution in [0.2, 0.25) is 0 Å². The fourth-order valence-electron chi connectivity index (χ4n) is 2.20. The lowest BCUT2D eigenvalue weighted by molar-refractivity contribution is 0.0944. The first kappa shape index (κ1) is 15.3. The SMILES string of the molecule is CCC(C#N)NC(=O)c1cccc(N2CCCS2(=O)=O)c1. The van der Waals surface area contributed by atoms with E-state index in [9.17, 15) is 13.2 Å². The average Bonchev–Trinajstić information content (AvgIpc) is 2.84. The minimum Gasteiger partial charge on any atom is -0.336 e. The van der Waals surface area contributed by atoms with Crippen molar-refractivity contribution >= 4 is 21.6 Å². The van der Waals surface area contributed by atoms with Gasteiger partial charge in [0.1, 0.15) is 6.04 Å². The molecule has 0 bridgehead atoms. The summed E-state index contributed by atoms with van der Waals surface area (Å²) >= 11 is 0. The minimum atomic E-state index is -3.27. The third-order valence-electron chi connectivity index (χ3n) is 3.37. The van der Waals surface area contributed by atoms with E-state index in [0.717, 1.165) is 0 Å². The maximum Gasteiger partial charge on any atom is 0.252 e. The van der Waals surface area contributed by atoms with Crippen LogP contribution in [0, 0.1) is 11.3 Å². The van der Waals surface area contributed by atoms with E-state index in [-0.39, 0.29) is 11.7 Å². The lowest BCUT2D eigenvalue weighted by Gasteiger charge is -2.17. The number of nitrogens with zero attached hydrogens (tertiary/aromatic N) is 2. The molecule has 1 N–H and O–H groups in total. The van der Waals surface area contributed by atoms with E-state index in [2.05, 4.69) is 5.32 Å². The Bertz CT molecular complexity index is 679. The van der Waals surface area contributed by atoms with Gasteiger partial charge in [0.05, 0.1) is 17.5 Å². The van der Waals surface area contributed by atoms with Gasteiger partial charge in [-0.05, 0) is 31.0 Å². The number of nitriles is 1. The van der Waals surface area contributed by atoms with E-state index in [1.807, 2.05) is 6.07 Å². The number of sulfonamides is 1. The lowest BCUT2D eigenvalue weighted by Crippen LogP contribution is -2.33. The van der Waals surface area contributed by atoms with Crippen molar-refractivity contribution in [3.8, 4) is 6.07 Å². The molecule has 1 heterocycles. The molecular formula is C14H17N3O3S. The van der Waals surface area contributed by atoms with Crippen molar-refractivity contribution in [3.05, 3.63) is 29.8 Å². The van der Waals surface area contributed by atoms with Gasteiger partial charge < -0.3 is 5.32 Å². The van der Waals surface area contributed by atoms with E-state index in [0.29, 0.717) is 30.6 Å². The van der Waals surface area contributed by atoms with Gasteiger partial charge in [0, 0.05) is 12.1 Å². The number of anilines is 1. The Hall–Kier alpha value is -2.07. The van der Waals surface area contributed by atoms with Gasteiger partial charge in [-0.2, -0.15) is 5.26 Å². The summed E-state index contributed by atoms with van der Waals surface area (Å²) in [5, 5.41) is 11.5. The second kappa shape index (κ2) is 6.14. The zero-order valence-corrected chi connectivity index (χ0v) is 12.6. The maximum absolute atomic E-state index is 12.1. The van der Waals surface area contributed by atoms with Gasteiger partial charge >= 0.3 is 0 Å². The molecule has 2 rings (SSSR count). The molecule has 1 fully saturated rings. The highest BCUT2D eigenvalue weighted by atomic mass is 32.2. The highest BCUT2D eigenvalue weighted by molar-refractivity contribution is 7.93. The molecule has 6 nitrogen and oxygen atoms in total. The van der Waals surface area contributed by atoms with Crippen molar-refractivity contribution < 1.29 is 13.2 Å². The highest BCUT2D eigenvalue weighted by Gasteiger charge is 2.28. The predicted octanol–water partition coefficient (Wildman–Crippen LogP) is 1.26. The first-order valence-electron chi connectivity index (χ1n) is 6.79. The average molecular weight is 307 g/mol. The third-order valence-corrected chi connectivity index (χ3v) is 5.23. The molecule has 0 radical (unpaired) electrons. The summed E-state index contributed by atoms with van der Waals surface area (Å²) in [5.74, 6) is -0.239. The third kappa shape index (κ3) is 3.34. The molecule has 1 aromatic rings. The summed E-state index contributed by atoms with van der Waals surface area (Å²) < 4.78 is 25.1. The van der Waals surface area contributed by atoms with Gasteiger partial charge in [0.15, 0.2) is 0 Å². The molecule has 1 atom stereocenters. The van der Waals surface area contributed by atoms with Gasteiger partial charge in [0.25, 0.3) is 5.91 Å². The molecule has 0 aliphatic carbocycles. The molecule has 7 heteroatoms. The minimum absolute atomic E-state index is 0.135. The Balaban J connectivity index is 2.22. The van der Waals surface area contributed by atoms with Gasteiger partial charge in [-0.25, -0.2) is 8.42 Å². The fraction of sp³-hybridized carbons (Fsp3) is 0.429. The molecule has 1 aromatic carbocycles. The quantitative estimate of drug-likeness (QED) is 0.906. The largest absolute Gasteiger partial charge is 0.336 e. The zero-order valence-electron chi connectivity index (χ0n) is 11.7. The predicted molar refractivity (Wildman–Crippen MR) is 79.4 cm³/mol. The molecule has 1 aliphatic heterocycles. The molecule has 112 valence electrons. The normalized spacial score (nSPS) is 18.0. The molecule has 1 amide bonds. The van der Waals surface area contributed by atoms with Crippen LogP contribution in [-0.4, -0.2) is 32.7 Å². The molecule has 0 saturated carbocycles. The van der Waals surface area contributed by atoms with Crippen molar-refractivity contribution in [1.82, 2.24) is 5.32 Å². The molecule has 1 unspecified atom stereocenters. The summed E-state index contributed by atoms with van der Waals surface area (Å²) in [7, 11) is -3.27. The van der Waals surface area contributed by atoms with Crippen molar-refractivity contribution in [1.29, 1.82) is 5.26 Å². The lowest BCUT2D eigenvalue weighted by atomic mass is 10.1. The van der Waals surface area contributed by atoms with E-state index in [4.69, 9.17) is 5.26 Å². The van der Waals surface area contributed by atoms with Crippen LogP contribution in [-0.2, 0) is 10.0 Å². The summed E-state index contributed by atoms with van der Waals surface area (Å²) in [5.41, 5.74) is 0.841. The molecule has 1 saturated heterocycles. The standard InChI is InChI=1S/C14H17N3O3S/c1-2-12(10-15)16-14(18)11-5-3-6-13(9-11)17-7-4-8-21(17,19)20/h3,5-6,9,12H,2,4,7-8H2,1H3,(H,16,18). The van der Waals surface area contributed by atoms with Crippen LogP contribution >= 0.6 is 0 Å². The topological polar surface area (TPSA) is 90.3 Å². The van der Waals surface area contributed by atoms with Crippen LogP contribution in [0.1, 0.15) is 30.1 Å². The molecular weight excluding hydrogens is 290 g/mol. The van der Waals surface area contributed by atoms with E-state index >= 15 is 0 Å². The summed E-state index contributed by atoms with van der Waals surface area (Å²) in [4.78, 5) is 12.1. The van der Waals surface area contributed by atoms with E-state index in [1.165, 1.54) is 4.31 Å². The second-order valence-electron chi connectivity index (χ2n) is 4.86. The number of hydrogen-bond acceptors (Lipinski definition) is 4. The second-order valence-corrected chi connectivity index (χ2v) is 6.87. The van der Waals surface area contributed by atoms with Crippen molar-refractivity contribution in [2.45, 2.75) is 25.8 Å². The number of hydrogen-bond donors (Lipinski definition) is 1. The monoisotopic (exact) mass is 307 g/mol. The van der Waals surface area contributed by atoms with Crippen LogP contribution in [0.4, 0.5) is 5.69 Å². The Kier molecular flexibility index (Phi) is 4.48. The van der Waals surface area contributed by atoms with Gasteiger partial charge in [-0.15, -0.1) is 0 Å². The molecule has 21 heavy (non-hydrogen) atoms. The number of benzene rings is 1. The van der Waals surface area contributed by atoms with Gasteiger partial charge in [-0.1, -0.05) is 13.0 Å². The van der Waals surface area contributed by atoms with Crippen molar-refractivity contribution in [3.63, 3.8) is 0 Å². The van der Waals surface area contributed by atoms with Crippen LogP contribution in [0.5, 0.6) is 0 Å². The first-order chi connectivity index (χ1) is 9.97. The maximum atomic E-state index is 12.1. The van der Waals surface area contributed by atoms with Crippen molar-refractivity contribution in [2.24, 2.45) is 0 Å². The first-order valence-corrected chi connectivity index (χ1v) is 8.40. The number of carbonyl (C=O) groups is 1. The van der Waals surface area contributed by atoms with E-state index in [1.54, 1.807) is 31.2 Å². The Morgan fingerprint density at radius 3 is 2.86 bits per heavy atom. The summed E-state index contributed by atoms with van der Waals surface area (Å²) in [6.07, 6.45) is 1.10. The smallest absolute Gasteiger partial charge is 0.252 e. The summed E-state index contributed by atoms with van der Waals surface area (Å²) in [6.45, 7) is 2.24. The highest BCUT2D eigenvalue weighted by Crippen LogP contribution is 2.24. The molecule has 0 aromatic heterocycles. The molecule has 0 spiro atoms. The number of carbonyl (C=O) groups excluding carboxylic acids is 1. The van der Waals surface area contributed by atoms with Crippen molar-refractivity contribution in [2.75, 3.05) is 16.6 Å². The van der Waals surface area contributed by atoms with Gasteiger partial charge in [0.2, 0.25) is 10.0 Å².